The van der Waals surface area contributed by atoms with Gasteiger partial charge in [-0.15, -0.1) is 5.10 Å². The summed E-state index contributed by atoms with van der Waals surface area (Å²) in [4.78, 5) is 4.33. The molecule has 0 amide bonds. The zero-order chi connectivity index (χ0) is 11.8. The Kier molecular flexibility index (Phi) is 2.07. The van der Waals surface area contributed by atoms with Crippen molar-refractivity contribution < 1.29 is 0 Å². The monoisotopic (exact) mass is 228 g/mol. The standard InChI is InChI=1S/C11H12N6/c1-7-3-10-15-11(12-2)16-17(10)6-9(7)8-4-13-14-5-8/h3-6H,1-2H3,(H,12,16)(H,13,14). The Labute approximate surface area is 97.7 Å². The van der Waals surface area contributed by atoms with Crippen molar-refractivity contribution in [1.82, 2.24) is 24.8 Å². The normalized spacial score (nSPS) is 10.9. The van der Waals surface area contributed by atoms with Crippen LogP contribution in [0.4, 0.5) is 5.95 Å². The molecule has 0 radical (unpaired) electrons. The molecule has 0 spiro atoms. The summed E-state index contributed by atoms with van der Waals surface area (Å²) < 4.78 is 1.77. The van der Waals surface area contributed by atoms with Crippen molar-refractivity contribution in [3.63, 3.8) is 0 Å². The molecule has 3 heterocycles. The summed E-state index contributed by atoms with van der Waals surface area (Å²) in [5.41, 5.74) is 4.12. The second-order valence-electron chi connectivity index (χ2n) is 3.85. The Hall–Kier alpha value is -2.37. The first-order valence-corrected chi connectivity index (χ1v) is 5.32. The Morgan fingerprint density at radius 1 is 1.41 bits per heavy atom. The molecule has 6 nitrogen and oxygen atoms in total. The SMILES string of the molecule is CNc1nc2cc(C)c(-c3cn[nH]c3)cn2n1. The van der Waals surface area contributed by atoms with E-state index in [1.54, 1.807) is 17.8 Å². The second-order valence-corrected chi connectivity index (χ2v) is 3.85. The summed E-state index contributed by atoms with van der Waals surface area (Å²) >= 11 is 0. The van der Waals surface area contributed by atoms with Gasteiger partial charge >= 0.3 is 0 Å². The van der Waals surface area contributed by atoms with Crippen LogP contribution in [0.2, 0.25) is 0 Å². The number of fused-ring (bicyclic) bond motifs is 1. The molecule has 3 aromatic rings. The summed E-state index contributed by atoms with van der Waals surface area (Å²) in [5, 5.41) is 14.0. The van der Waals surface area contributed by atoms with Crippen LogP contribution < -0.4 is 5.32 Å². The second kappa shape index (κ2) is 3.58. The van der Waals surface area contributed by atoms with Crippen molar-refractivity contribution in [2.75, 3.05) is 12.4 Å². The molecule has 0 atom stereocenters. The summed E-state index contributed by atoms with van der Waals surface area (Å²) in [6, 6.07) is 2.01. The first-order chi connectivity index (χ1) is 8.28. The molecule has 0 saturated heterocycles. The lowest BCUT2D eigenvalue weighted by Gasteiger charge is -2.02. The molecule has 6 heteroatoms. The van der Waals surface area contributed by atoms with E-state index in [-0.39, 0.29) is 0 Å². The molecule has 0 aliphatic rings. The molecule has 17 heavy (non-hydrogen) atoms. The van der Waals surface area contributed by atoms with Crippen molar-refractivity contribution in [2.24, 2.45) is 0 Å². The van der Waals surface area contributed by atoms with E-state index in [2.05, 4.69) is 32.5 Å². The van der Waals surface area contributed by atoms with Crippen LogP contribution in [0.25, 0.3) is 16.8 Å². The van der Waals surface area contributed by atoms with E-state index in [0.717, 1.165) is 22.3 Å². The predicted molar refractivity (Wildman–Crippen MR) is 64.9 cm³/mol. The lowest BCUT2D eigenvalue weighted by Crippen LogP contribution is -1.92. The first kappa shape index (κ1) is 9.83. The van der Waals surface area contributed by atoms with Crippen molar-refractivity contribution in [3.8, 4) is 11.1 Å². The zero-order valence-corrected chi connectivity index (χ0v) is 9.60. The average molecular weight is 228 g/mol. The predicted octanol–water partition coefficient (Wildman–Crippen LogP) is 1.47. The van der Waals surface area contributed by atoms with Crippen molar-refractivity contribution in [3.05, 3.63) is 30.2 Å². The van der Waals surface area contributed by atoms with Gasteiger partial charge in [-0.25, -0.2) is 4.52 Å². The Morgan fingerprint density at radius 2 is 2.29 bits per heavy atom. The minimum absolute atomic E-state index is 0.619. The molecular formula is C11H12N6. The number of nitrogens with zero attached hydrogens (tertiary/aromatic N) is 4. The van der Waals surface area contributed by atoms with Gasteiger partial charge in [0.15, 0.2) is 5.65 Å². The fourth-order valence-electron chi connectivity index (χ4n) is 1.83. The van der Waals surface area contributed by atoms with Crippen LogP contribution in [-0.2, 0) is 0 Å². The minimum Gasteiger partial charge on any atom is -0.356 e. The minimum atomic E-state index is 0.619. The van der Waals surface area contributed by atoms with Gasteiger partial charge in [0.2, 0.25) is 5.95 Å². The van der Waals surface area contributed by atoms with Crippen molar-refractivity contribution in [1.29, 1.82) is 0 Å². The third-order valence-electron chi connectivity index (χ3n) is 2.71. The lowest BCUT2D eigenvalue weighted by molar-refractivity contribution is 0.961. The number of anilines is 1. The van der Waals surface area contributed by atoms with E-state index in [4.69, 9.17) is 0 Å². The van der Waals surface area contributed by atoms with Crippen LogP contribution >= 0.6 is 0 Å². The smallest absolute Gasteiger partial charge is 0.242 e. The van der Waals surface area contributed by atoms with E-state index in [9.17, 15) is 0 Å². The van der Waals surface area contributed by atoms with E-state index in [1.807, 2.05) is 18.5 Å². The van der Waals surface area contributed by atoms with Gasteiger partial charge in [-0.1, -0.05) is 0 Å². The van der Waals surface area contributed by atoms with Crippen LogP contribution in [0.5, 0.6) is 0 Å². The molecular weight excluding hydrogens is 216 g/mol. The van der Waals surface area contributed by atoms with E-state index < -0.39 is 0 Å². The van der Waals surface area contributed by atoms with E-state index in [0.29, 0.717) is 5.95 Å². The van der Waals surface area contributed by atoms with E-state index >= 15 is 0 Å². The molecule has 3 aromatic heterocycles. The molecule has 0 saturated carbocycles. The molecule has 86 valence electrons. The summed E-state index contributed by atoms with van der Waals surface area (Å²) in [6.45, 7) is 2.05. The highest BCUT2D eigenvalue weighted by atomic mass is 15.3. The molecule has 0 bridgehead atoms. The highest BCUT2D eigenvalue weighted by molar-refractivity contribution is 5.67. The number of aromatic amines is 1. The Bertz CT molecular complexity index is 652. The van der Waals surface area contributed by atoms with Gasteiger partial charge in [-0.05, 0) is 18.6 Å². The average Bonchev–Trinajstić information content (AvgIpc) is 2.95. The highest BCUT2D eigenvalue weighted by Gasteiger charge is 2.08. The number of H-pyrrole nitrogens is 1. The van der Waals surface area contributed by atoms with Gasteiger partial charge in [-0.3, -0.25) is 5.10 Å². The van der Waals surface area contributed by atoms with Crippen molar-refractivity contribution >= 4 is 11.6 Å². The van der Waals surface area contributed by atoms with Gasteiger partial charge in [-0.2, -0.15) is 10.1 Å². The molecule has 0 aliphatic carbocycles. The third-order valence-corrected chi connectivity index (χ3v) is 2.71. The lowest BCUT2D eigenvalue weighted by atomic mass is 10.1. The van der Waals surface area contributed by atoms with Gasteiger partial charge < -0.3 is 5.32 Å². The van der Waals surface area contributed by atoms with Crippen molar-refractivity contribution in [2.45, 2.75) is 6.92 Å². The Morgan fingerprint density at radius 3 is 3.00 bits per heavy atom. The zero-order valence-electron chi connectivity index (χ0n) is 9.60. The number of nitrogens with one attached hydrogen (secondary N) is 2. The first-order valence-electron chi connectivity index (χ1n) is 5.32. The van der Waals surface area contributed by atoms with Crippen LogP contribution in [-0.4, -0.2) is 31.8 Å². The largest absolute Gasteiger partial charge is 0.356 e. The van der Waals surface area contributed by atoms with Crippen LogP contribution in [0.1, 0.15) is 5.56 Å². The summed E-state index contributed by atoms with van der Waals surface area (Å²) in [7, 11) is 1.80. The summed E-state index contributed by atoms with van der Waals surface area (Å²) in [5.74, 6) is 0.619. The fourth-order valence-corrected chi connectivity index (χ4v) is 1.83. The van der Waals surface area contributed by atoms with Crippen LogP contribution in [0.15, 0.2) is 24.7 Å². The van der Waals surface area contributed by atoms with Crippen LogP contribution in [0, 0.1) is 6.92 Å². The van der Waals surface area contributed by atoms with Gasteiger partial charge in [0.1, 0.15) is 0 Å². The highest BCUT2D eigenvalue weighted by Crippen LogP contribution is 2.23. The number of hydrogen-bond donors (Lipinski definition) is 2. The molecule has 0 fully saturated rings. The number of rotatable bonds is 2. The molecule has 3 rings (SSSR count). The topological polar surface area (TPSA) is 70.9 Å². The fraction of sp³-hybridized carbons (Fsp3) is 0.182. The maximum Gasteiger partial charge on any atom is 0.242 e. The molecule has 0 aliphatic heterocycles. The number of aromatic nitrogens is 5. The van der Waals surface area contributed by atoms with Crippen LogP contribution in [0.3, 0.4) is 0 Å². The maximum absolute atomic E-state index is 4.33. The van der Waals surface area contributed by atoms with Gasteiger partial charge in [0, 0.05) is 30.6 Å². The Balaban J connectivity index is 2.23. The van der Waals surface area contributed by atoms with Gasteiger partial charge in [0.25, 0.3) is 0 Å². The maximum atomic E-state index is 4.33. The molecule has 2 N–H and O–H groups in total. The van der Waals surface area contributed by atoms with E-state index in [1.165, 1.54) is 0 Å². The van der Waals surface area contributed by atoms with Gasteiger partial charge in [0.05, 0.1) is 6.20 Å². The summed E-state index contributed by atoms with van der Waals surface area (Å²) in [6.07, 6.45) is 5.62. The molecule has 0 aromatic carbocycles. The number of pyridine rings is 1. The molecule has 0 unspecified atom stereocenters. The quantitative estimate of drug-likeness (QED) is 0.696. The third kappa shape index (κ3) is 1.54. The number of hydrogen-bond acceptors (Lipinski definition) is 4. The number of aryl methyl sites for hydroxylation is 1.